The molecule has 1 aliphatic carbocycles. The predicted octanol–water partition coefficient (Wildman–Crippen LogP) is 2.91. The van der Waals surface area contributed by atoms with Gasteiger partial charge in [-0.2, -0.15) is 0 Å². The molecule has 0 radical (unpaired) electrons. The third kappa shape index (κ3) is 5.72. The highest BCUT2D eigenvalue weighted by Gasteiger charge is 2.54. The standard InChI is InChI=1S/C29H33FN6O6/c1-28(26(38)40-14-17-4-5-17)15-41-29(24(31)37,42-16-28)25-35-22(18-6-8-19(30)9-7-18)23(36-25)21-10-11-32-27(34-21)33-13-20-3-2-12-39-20/h6-11,17,20H,2-5,12-16H2,1H3,(H2,31,37)(H,35,36)(H,32,33,34). The van der Waals surface area contributed by atoms with Gasteiger partial charge in [0.15, 0.2) is 5.82 Å². The number of carbonyl (C=O) groups is 2. The molecule has 2 saturated heterocycles. The Bertz CT molecular complexity index is 1450. The molecule has 4 heterocycles. The van der Waals surface area contributed by atoms with Gasteiger partial charge in [-0.05, 0) is 68.9 Å². The number of amides is 1. The normalized spacial score (nSPS) is 25.7. The molecule has 1 atom stereocenters. The number of primary amides is 1. The number of imidazole rings is 1. The maximum absolute atomic E-state index is 13.8. The summed E-state index contributed by atoms with van der Waals surface area (Å²) in [6.07, 6.45) is 5.72. The van der Waals surface area contributed by atoms with Crippen LogP contribution in [0, 0.1) is 17.2 Å². The third-order valence-electron chi connectivity index (χ3n) is 7.71. The van der Waals surface area contributed by atoms with Gasteiger partial charge < -0.3 is 35.0 Å². The molecule has 4 N–H and O–H groups in total. The van der Waals surface area contributed by atoms with E-state index in [4.69, 9.17) is 24.7 Å². The van der Waals surface area contributed by atoms with Crippen LogP contribution in [0.4, 0.5) is 10.3 Å². The van der Waals surface area contributed by atoms with E-state index in [0.717, 1.165) is 32.3 Å². The lowest BCUT2D eigenvalue weighted by atomic mass is 9.91. The lowest BCUT2D eigenvalue weighted by Gasteiger charge is -2.40. The van der Waals surface area contributed by atoms with Gasteiger partial charge in [0.05, 0.1) is 43.0 Å². The van der Waals surface area contributed by atoms with E-state index in [9.17, 15) is 14.0 Å². The van der Waals surface area contributed by atoms with Crippen molar-refractivity contribution in [2.24, 2.45) is 17.1 Å². The van der Waals surface area contributed by atoms with Gasteiger partial charge in [-0.3, -0.25) is 9.59 Å². The van der Waals surface area contributed by atoms with Crippen LogP contribution in [-0.4, -0.2) is 70.9 Å². The summed E-state index contributed by atoms with van der Waals surface area (Å²) in [5, 5.41) is 3.20. The van der Waals surface area contributed by atoms with E-state index in [-0.39, 0.29) is 25.1 Å². The molecule has 12 nitrogen and oxygen atoms in total. The van der Waals surface area contributed by atoms with Gasteiger partial charge >= 0.3 is 11.8 Å². The first-order valence-electron chi connectivity index (χ1n) is 14.1. The summed E-state index contributed by atoms with van der Waals surface area (Å²) in [5.41, 5.74) is 6.44. The zero-order valence-electron chi connectivity index (χ0n) is 23.2. The molecular weight excluding hydrogens is 547 g/mol. The summed E-state index contributed by atoms with van der Waals surface area (Å²) in [5.74, 6) is -3.22. The van der Waals surface area contributed by atoms with Gasteiger partial charge in [-0.25, -0.2) is 19.3 Å². The minimum Gasteiger partial charge on any atom is -0.465 e. The molecule has 1 aromatic carbocycles. The Kier molecular flexibility index (Phi) is 7.64. The number of rotatable bonds is 10. The number of H-pyrrole nitrogens is 1. The Morgan fingerprint density at radius 1 is 1.14 bits per heavy atom. The van der Waals surface area contributed by atoms with Crippen molar-refractivity contribution in [2.45, 2.75) is 44.5 Å². The lowest BCUT2D eigenvalue weighted by molar-refractivity contribution is -0.293. The van der Waals surface area contributed by atoms with Crippen LogP contribution >= 0.6 is 0 Å². The van der Waals surface area contributed by atoms with E-state index < -0.39 is 28.9 Å². The maximum Gasteiger partial charge on any atom is 0.316 e. The fraction of sp³-hybridized carbons (Fsp3) is 0.483. The van der Waals surface area contributed by atoms with E-state index in [1.807, 2.05) is 0 Å². The molecule has 2 aliphatic heterocycles. The van der Waals surface area contributed by atoms with Crippen molar-refractivity contribution in [1.82, 2.24) is 19.9 Å². The molecule has 1 amide bonds. The van der Waals surface area contributed by atoms with E-state index in [1.165, 1.54) is 12.1 Å². The molecule has 1 unspecified atom stereocenters. The van der Waals surface area contributed by atoms with Crippen LogP contribution in [-0.2, 0) is 34.3 Å². The molecule has 3 aromatic rings. The zero-order chi connectivity index (χ0) is 29.3. The Balaban J connectivity index is 1.31. The highest BCUT2D eigenvalue weighted by molar-refractivity contribution is 5.85. The fourth-order valence-electron chi connectivity index (χ4n) is 4.90. The highest BCUT2D eigenvalue weighted by Crippen LogP contribution is 2.40. The van der Waals surface area contributed by atoms with Crippen LogP contribution in [0.3, 0.4) is 0 Å². The van der Waals surface area contributed by atoms with Crippen molar-refractivity contribution < 1.29 is 32.9 Å². The quantitative estimate of drug-likeness (QED) is 0.304. The smallest absolute Gasteiger partial charge is 0.316 e. The van der Waals surface area contributed by atoms with Crippen LogP contribution < -0.4 is 11.1 Å². The van der Waals surface area contributed by atoms with Crippen LogP contribution in [0.15, 0.2) is 36.5 Å². The monoisotopic (exact) mass is 580 g/mol. The number of carbonyl (C=O) groups excluding carboxylic acids is 2. The van der Waals surface area contributed by atoms with Crippen molar-refractivity contribution >= 4 is 17.8 Å². The summed E-state index contributed by atoms with van der Waals surface area (Å²) in [4.78, 5) is 42.4. The summed E-state index contributed by atoms with van der Waals surface area (Å²) in [7, 11) is 0. The molecule has 2 aromatic heterocycles. The van der Waals surface area contributed by atoms with Gasteiger partial charge in [0, 0.05) is 24.9 Å². The Morgan fingerprint density at radius 3 is 2.57 bits per heavy atom. The Labute approximate surface area is 241 Å². The van der Waals surface area contributed by atoms with Crippen molar-refractivity contribution in [3.05, 3.63) is 48.2 Å². The minimum absolute atomic E-state index is 0.0369. The number of nitrogens with zero attached hydrogens (tertiary/aromatic N) is 3. The highest BCUT2D eigenvalue weighted by atomic mass is 19.1. The van der Waals surface area contributed by atoms with Crippen molar-refractivity contribution in [3.63, 3.8) is 0 Å². The number of esters is 1. The summed E-state index contributed by atoms with van der Waals surface area (Å²) in [6.45, 7) is 2.91. The number of ether oxygens (including phenoxy) is 4. The second kappa shape index (κ2) is 11.4. The first kappa shape index (κ1) is 28.2. The summed E-state index contributed by atoms with van der Waals surface area (Å²) < 4.78 is 36.8. The average Bonchev–Trinajstić information content (AvgIpc) is 3.47. The van der Waals surface area contributed by atoms with Crippen LogP contribution in [0.25, 0.3) is 22.6 Å². The van der Waals surface area contributed by atoms with Crippen LogP contribution in [0.2, 0.25) is 0 Å². The van der Waals surface area contributed by atoms with Crippen molar-refractivity contribution in [2.75, 3.05) is 38.3 Å². The SMILES string of the molecule is CC1(C(=O)OCC2CC2)COC(C(N)=O)(c2nc(-c3ccc(F)cc3)c(-c3ccnc(NCC4CCCO4)n3)[nH]2)OC1. The lowest BCUT2D eigenvalue weighted by Crippen LogP contribution is -2.56. The molecule has 0 spiro atoms. The molecule has 42 heavy (non-hydrogen) atoms. The first-order valence-corrected chi connectivity index (χ1v) is 14.1. The van der Waals surface area contributed by atoms with Crippen molar-refractivity contribution in [1.29, 1.82) is 0 Å². The van der Waals surface area contributed by atoms with E-state index in [2.05, 4.69) is 25.3 Å². The topological polar surface area (TPSA) is 164 Å². The number of hydrogen-bond acceptors (Lipinski definition) is 10. The summed E-state index contributed by atoms with van der Waals surface area (Å²) >= 11 is 0. The molecule has 13 heteroatoms. The molecule has 3 aliphatic rings. The number of nitrogens with one attached hydrogen (secondary N) is 2. The average molecular weight is 581 g/mol. The molecule has 3 fully saturated rings. The number of anilines is 1. The van der Waals surface area contributed by atoms with E-state index >= 15 is 0 Å². The number of aromatic nitrogens is 4. The summed E-state index contributed by atoms with van der Waals surface area (Å²) in [6, 6.07) is 7.40. The zero-order valence-corrected chi connectivity index (χ0v) is 23.2. The first-order chi connectivity index (χ1) is 20.3. The predicted molar refractivity (Wildman–Crippen MR) is 147 cm³/mol. The van der Waals surface area contributed by atoms with Crippen LogP contribution in [0.1, 0.15) is 38.4 Å². The third-order valence-corrected chi connectivity index (χ3v) is 7.71. The largest absolute Gasteiger partial charge is 0.465 e. The van der Waals surface area contributed by atoms with E-state index in [1.54, 1.807) is 31.3 Å². The molecular formula is C29H33FN6O6. The maximum atomic E-state index is 13.8. The number of nitrogens with two attached hydrogens (primary N) is 1. The number of aromatic amines is 1. The molecule has 222 valence electrons. The van der Waals surface area contributed by atoms with Crippen LogP contribution in [0.5, 0.6) is 0 Å². The van der Waals surface area contributed by atoms with Crippen molar-refractivity contribution in [3.8, 4) is 22.6 Å². The minimum atomic E-state index is -2.11. The number of halogens is 1. The Morgan fingerprint density at radius 2 is 1.90 bits per heavy atom. The van der Waals surface area contributed by atoms with Gasteiger partial charge in [-0.15, -0.1) is 0 Å². The second-order valence-electron chi connectivity index (χ2n) is 11.3. The van der Waals surface area contributed by atoms with E-state index in [0.29, 0.717) is 47.7 Å². The Hall–Kier alpha value is -3.94. The number of benzene rings is 1. The van der Waals surface area contributed by atoms with Gasteiger partial charge in [0.1, 0.15) is 11.2 Å². The number of hydrogen-bond donors (Lipinski definition) is 3. The molecule has 0 bridgehead atoms. The molecule has 6 rings (SSSR count). The van der Waals surface area contributed by atoms with Gasteiger partial charge in [0.25, 0.3) is 5.91 Å². The fourth-order valence-corrected chi connectivity index (χ4v) is 4.90. The van der Waals surface area contributed by atoms with Gasteiger partial charge in [0.2, 0.25) is 5.95 Å². The second-order valence-corrected chi connectivity index (χ2v) is 11.3. The molecule has 1 saturated carbocycles. The van der Waals surface area contributed by atoms with Gasteiger partial charge in [-0.1, -0.05) is 0 Å².